The van der Waals surface area contributed by atoms with Gasteiger partial charge in [0.15, 0.2) is 5.82 Å². The smallest absolute Gasteiger partial charge is 0.309 e. The second-order valence-electron chi connectivity index (χ2n) is 10.6. The van der Waals surface area contributed by atoms with E-state index in [2.05, 4.69) is 36.5 Å². The van der Waals surface area contributed by atoms with Crippen molar-refractivity contribution in [2.45, 2.75) is 12.8 Å². The zero-order chi connectivity index (χ0) is 29.8. The topological polar surface area (TPSA) is 123 Å². The molecule has 3 heterocycles. The largest absolute Gasteiger partial charge is 0.494 e. The number of halogens is 2. The monoisotopic (exact) mass is 649 g/mol. The highest BCUT2D eigenvalue weighted by Crippen LogP contribution is 2.35. The van der Waals surface area contributed by atoms with Crippen LogP contribution in [0.5, 0.6) is 5.75 Å². The van der Waals surface area contributed by atoms with E-state index in [0.29, 0.717) is 47.2 Å². The molecule has 2 aliphatic heterocycles. The molecule has 0 radical (unpaired) electrons. The molecule has 232 valence electrons. The fourth-order valence-electron chi connectivity index (χ4n) is 5.35. The highest BCUT2D eigenvalue weighted by atomic mass is 35.5. The molecule has 2 aliphatic rings. The number of aliphatic carboxylic acids is 1. The first kappa shape index (κ1) is 32.6. The van der Waals surface area contributed by atoms with E-state index in [0.717, 1.165) is 49.5 Å². The number of likely N-dealkylation sites (tertiary alicyclic amines) is 1. The number of hydrogen-bond donors (Lipinski definition) is 3. The minimum atomic E-state index is -1.20. The minimum Gasteiger partial charge on any atom is -0.494 e. The molecule has 1 atom stereocenters. The summed E-state index contributed by atoms with van der Waals surface area (Å²) in [5, 5.41) is 15.9. The van der Waals surface area contributed by atoms with E-state index < -0.39 is 17.0 Å². The van der Waals surface area contributed by atoms with Gasteiger partial charge in [-0.1, -0.05) is 23.7 Å². The molecular formula is C29H37Cl2N7O4S. The number of methoxy groups -OCH3 is 1. The SMILES string of the molecule is COc1cc(N2CCC(CN3CC(C(=O)O)C3)CC2)ccc1Nc1ncc(Cl)c(Nc2ccccc2N(C)S(C)=O)n1.Cl. The van der Waals surface area contributed by atoms with Crippen LogP contribution < -0.4 is 24.6 Å². The molecule has 0 amide bonds. The van der Waals surface area contributed by atoms with Crippen molar-refractivity contribution >= 4 is 75.5 Å². The van der Waals surface area contributed by atoms with E-state index in [1.54, 1.807) is 24.7 Å². The summed E-state index contributed by atoms with van der Waals surface area (Å²) in [6, 6.07) is 13.5. The molecule has 2 saturated heterocycles. The predicted octanol–water partition coefficient (Wildman–Crippen LogP) is 5.01. The maximum Gasteiger partial charge on any atom is 0.309 e. The van der Waals surface area contributed by atoms with Crippen molar-refractivity contribution in [1.82, 2.24) is 14.9 Å². The lowest BCUT2D eigenvalue weighted by Crippen LogP contribution is -2.52. The van der Waals surface area contributed by atoms with Crippen molar-refractivity contribution in [3.63, 3.8) is 0 Å². The summed E-state index contributed by atoms with van der Waals surface area (Å²) in [4.78, 5) is 24.6. The van der Waals surface area contributed by atoms with Crippen LogP contribution in [0, 0.1) is 11.8 Å². The summed E-state index contributed by atoms with van der Waals surface area (Å²) < 4.78 is 19.4. The van der Waals surface area contributed by atoms with Crippen LogP contribution in [-0.2, 0) is 15.8 Å². The Balaban J connectivity index is 0.00000423. The Morgan fingerprint density at radius 2 is 1.88 bits per heavy atom. The van der Waals surface area contributed by atoms with Gasteiger partial charge in [0, 0.05) is 57.8 Å². The Morgan fingerprint density at radius 1 is 1.16 bits per heavy atom. The Kier molecular flexibility index (Phi) is 10.9. The number of carboxylic acids is 1. The van der Waals surface area contributed by atoms with Crippen molar-refractivity contribution in [2.24, 2.45) is 11.8 Å². The second kappa shape index (κ2) is 14.4. The third kappa shape index (κ3) is 7.80. The average Bonchev–Trinajstić information content (AvgIpc) is 2.96. The van der Waals surface area contributed by atoms with Crippen molar-refractivity contribution in [2.75, 3.05) is 73.0 Å². The number of ether oxygens (including phenoxy) is 1. The Hall–Kier alpha value is -3.32. The number of rotatable bonds is 11. The van der Waals surface area contributed by atoms with Crippen molar-refractivity contribution in [3.8, 4) is 5.75 Å². The Bertz CT molecular complexity index is 1450. The molecule has 2 fully saturated rings. The van der Waals surface area contributed by atoms with Gasteiger partial charge in [0.2, 0.25) is 5.95 Å². The first-order valence-electron chi connectivity index (χ1n) is 13.8. The van der Waals surface area contributed by atoms with E-state index in [4.69, 9.17) is 21.4 Å². The van der Waals surface area contributed by atoms with Crippen molar-refractivity contribution < 1.29 is 18.8 Å². The summed E-state index contributed by atoms with van der Waals surface area (Å²) in [6.45, 7) is 4.19. The lowest BCUT2D eigenvalue weighted by molar-refractivity contribution is -0.147. The van der Waals surface area contributed by atoms with Gasteiger partial charge in [0.1, 0.15) is 21.8 Å². The molecule has 1 unspecified atom stereocenters. The molecule has 0 saturated carbocycles. The molecule has 3 aromatic rings. The summed E-state index contributed by atoms with van der Waals surface area (Å²) in [6.07, 6.45) is 5.28. The standard InChI is InChI=1S/C29H36ClN7O4S.ClH/c1-35(42(3)40)25-7-5-4-6-23(25)32-27-22(30)15-31-29(34-27)33-24-9-8-21(14-26(24)41-2)37-12-10-19(11-13-37)16-36-17-20(18-36)28(38)39;/h4-9,14-15,19-20H,10-13,16-18H2,1-3H3,(H,38,39)(H2,31,32,33,34);1H. The number of hydrogen-bond acceptors (Lipinski definition) is 9. The fourth-order valence-corrected chi connectivity index (χ4v) is 5.92. The first-order chi connectivity index (χ1) is 20.2. The third-order valence-electron chi connectivity index (χ3n) is 7.86. The highest BCUT2D eigenvalue weighted by Gasteiger charge is 2.34. The predicted molar refractivity (Wildman–Crippen MR) is 175 cm³/mol. The number of nitrogens with zero attached hydrogens (tertiary/aromatic N) is 5. The number of aromatic nitrogens is 2. The number of nitrogens with one attached hydrogen (secondary N) is 2. The van der Waals surface area contributed by atoms with Crippen LogP contribution in [0.25, 0.3) is 0 Å². The van der Waals surface area contributed by atoms with Crippen LogP contribution in [0.4, 0.5) is 34.5 Å². The number of piperidine rings is 1. The first-order valence-corrected chi connectivity index (χ1v) is 15.7. The Labute approximate surface area is 265 Å². The normalized spacial score (nSPS) is 16.5. The number of anilines is 6. The molecule has 5 rings (SSSR count). The zero-order valence-corrected chi connectivity index (χ0v) is 26.7. The van der Waals surface area contributed by atoms with Crippen molar-refractivity contribution in [1.29, 1.82) is 0 Å². The van der Waals surface area contributed by atoms with Gasteiger partial charge in [-0.3, -0.25) is 9.10 Å². The minimum absolute atomic E-state index is 0. The molecule has 0 spiro atoms. The van der Waals surface area contributed by atoms with E-state index in [1.165, 1.54) is 6.20 Å². The van der Waals surface area contributed by atoms with Gasteiger partial charge in [-0.25, -0.2) is 9.19 Å². The molecular weight excluding hydrogens is 613 g/mol. The number of benzene rings is 2. The molecule has 3 N–H and O–H groups in total. The fraction of sp³-hybridized carbons (Fsp3) is 0.414. The lowest BCUT2D eigenvalue weighted by Gasteiger charge is -2.41. The van der Waals surface area contributed by atoms with E-state index in [1.807, 2.05) is 36.4 Å². The molecule has 1 aromatic heterocycles. The summed E-state index contributed by atoms with van der Waals surface area (Å²) in [5.41, 5.74) is 3.26. The van der Waals surface area contributed by atoms with E-state index in [-0.39, 0.29) is 18.3 Å². The molecule has 2 aromatic carbocycles. The zero-order valence-electron chi connectivity index (χ0n) is 24.3. The summed E-state index contributed by atoms with van der Waals surface area (Å²) >= 11 is 6.43. The summed E-state index contributed by atoms with van der Waals surface area (Å²) in [5.74, 6) is 1.11. The number of carboxylic acid groups (broad SMARTS) is 1. The van der Waals surface area contributed by atoms with E-state index in [9.17, 15) is 9.00 Å². The van der Waals surface area contributed by atoms with Crippen LogP contribution in [-0.4, -0.2) is 83.3 Å². The van der Waals surface area contributed by atoms with Crippen LogP contribution >= 0.6 is 24.0 Å². The van der Waals surface area contributed by atoms with Gasteiger partial charge in [-0.05, 0) is 43.0 Å². The second-order valence-corrected chi connectivity index (χ2v) is 12.4. The van der Waals surface area contributed by atoms with Gasteiger partial charge < -0.3 is 30.3 Å². The van der Waals surface area contributed by atoms with Gasteiger partial charge in [-0.15, -0.1) is 12.4 Å². The molecule has 0 aliphatic carbocycles. The van der Waals surface area contributed by atoms with Crippen LogP contribution in [0.2, 0.25) is 5.02 Å². The number of carbonyl (C=O) groups is 1. The molecule has 0 bridgehead atoms. The van der Waals surface area contributed by atoms with E-state index >= 15 is 0 Å². The van der Waals surface area contributed by atoms with Crippen LogP contribution in [0.15, 0.2) is 48.7 Å². The highest BCUT2D eigenvalue weighted by molar-refractivity contribution is 7.85. The van der Waals surface area contributed by atoms with Gasteiger partial charge in [0.05, 0.1) is 36.3 Å². The number of para-hydroxylation sites is 2. The quantitative estimate of drug-likeness (QED) is 0.261. The maximum absolute atomic E-state index is 12.1. The van der Waals surface area contributed by atoms with Gasteiger partial charge in [0.25, 0.3) is 0 Å². The van der Waals surface area contributed by atoms with Gasteiger partial charge >= 0.3 is 5.97 Å². The summed E-state index contributed by atoms with van der Waals surface area (Å²) in [7, 11) is 2.19. The average molecular weight is 651 g/mol. The molecule has 14 heteroatoms. The lowest BCUT2D eigenvalue weighted by atomic mass is 9.92. The Morgan fingerprint density at radius 3 is 2.56 bits per heavy atom. The third-order valence-corrected chi connectivity index (χ3v) is 9.10. The van der Waals surface area contributed by atoms with Crippen LogP contribution in [0.1, 0.15) is 12.8 Å². The maximum atomic E-state index is 12.1. The van der Waals surface area contributed by atoms with Crippen molar-refractivity contribution in [3.05, 3.63) is 53.7 Å². The van der Waals surface area contributed by atoms with Gasteiger partial charge in [-0.2, -0.15) is 4.98 Å². The van der Waals surface area contributed by atoms with Crippen LogP contribution in [0.3, 0.4) is 0 Å². The molecule has 43 heavy (non-hydrogen) atoms. The molecule has 11 nitrogen and oxygen atoms in total.